The Kier molecular flexibility index (Phi) is 5.49. The number of nitrogens with zero attached hydrogens (tertiary/aromatic N) is 2. The number of nitrogens with one attached hydrogen (secondary N) is 1. The van der Waals surface area contributed by atoms with Crippen LogP contribution in [0.2, 0.25) is 0 Å². The summed E-state index contributed by atoms with van der Waals surface area (Å²) in [4.78, 5) is 8.48. The van der Waals surface area contributed by atoms with Crippen LogP contribution >= 0.6 is 15.9 Å². The Balaban J connectivity index is 2.35. The number of halogens is 1. The van der Waals surface area contributed by atoms with E-state index in [9.17, 15) is 0 Å². The van der Waals surface area contributed by atoms with Gasteiger partial charge in [0.25, 0.3) is 0 Å². The molecule has 0 saturated heterocycles. The molecule has 2 aromatic rings. The first-order valence-electron chi connectivity index (χ1n) is 6.57. The maximum atomic E-state index is 5.25. The minimum absolute atomic E-state index is 0.0579. The fourth-order valence-corrected chi connectivity index (χ4v) is 2.39. The van der Waals surface area contributed by atoms with Gasteiger partial charge in [-0.3, -0.25) is 9.97 Å². The van der Waals surface area contributed by atoms with Crippen molar-refractivity contribution >= 4 is 15.9 Å². The van der Waals surface area contributed by atoms with E-state index in [0.29, 0.717) is 0 Å². The molecule has 1 N–H and O–H groups in total. The zero-order valence-corrected chi connectivity index (χ0v) is 13.2. The summed E-state index contributed by atoms with van der Waals surface area (Å²) in [7, 11) is 1.65. The number of pyridine rings is 2. The van der Waals surface area contributed by atoms with Crippen LogP contribution < -0.4 is 10.1 Å². The highest BCUT2D eigenvalue weighted by Crippen LogP contribution is 2.25. The van der Waals surface area contributed by atoms with Gasteiger partial charge < -0.3 is 10.1 Å². The fourth-order valence-electron chi connectivity index (χ4n) is 2.01. The fraction of sp³-hybridized carbons (Fsp3) is 0.333. The van der Waals surface area contributed by atoms with E-state index in [-0.39, 0.29) is 6.04 Å². The van der Waals surface area contributed by atoms with Crippen molar-refractivity contribution in [3.8, 4) is 5.75 Å². The average Bonchev–Trinajstić information content (AvgIpc) is 2.48. The van der Waals surface area contributed by atoms with Crippen molar-refractivity contribution in [1.82, 2.24) is 15.3 Å². The van der Waals surface area contributed by atoms with E-state index in [1.165, 1.54) is 0 Å². The number of methoxy groups -OCH3 is 1. The molecule has 0 aliphatic rings. The molecule has 4 nitrogen and oxygen atoms in total. The maximum Gasteiger partial charge on any atom is 0.137 e. The van der Waals surface area contributed by atoms with Gasteiger partial charge in [-0.05, 0) is 52.2 Å². The average molecular weight is 336 g/mol. The molecule has 0 aliphatic heterocycles. The summed E-state index contributed by atoms with van der Waals surface area (Å²) in [5, 5.41) is 3.52. The van der Waals surface area contributed by atoms with E-state index in [4.69, 9.17) is 4.74 Å². The number of hydrogen-bond acceptors (Lipinski definition) is 4. The quantitative estimate of drug-likeness (QED) is 0.879. The highest BCUT2D eigenvalue weighted by molar-refractivity contribution is 9.10. The van der Waals surface area contributed by atoms with E-state index in [2.05, 4.69) is 44.2 Å². The molecule has 1 unspecified atom stereocenters. The van der Waals surface area contributed by atoms with Crippen molar-refractivity contribution in [1.29, 1.82) is 0 Å². The first-order chi connectivity index (χ1) is 9.74. The largest absolute Gasteiger partial charge is 0.495 e. The summed E-state index contributed by atoms with van der Waals surface area (Å²) in [6.45, 7) is 3.07. The molecule has 5 heteroatoms. The smallest absolute Gasteiger partial charge is 0.137 e. The second-order valence-corrected chi connectivity index (χ2v) is 5.40. The van der Waals surface area contributed by atoms with Crippen LogP contribution in [0.5, 0.6) is 5.75 Å². The third-order valence-corrected chi connectivity index (χ3v) is 3.39. The van der Waals surface area contributed by atoms with Crippen molar-refractivity contribution in [2.75, 3.05) is 13.7 Å². The van der Waals surface area contributed by atoms with Crippen LogP contribution in [0.3, 0.4) is 0 Å². The van der Waals surface area contributed by atoms with Crippen LogP contribution in [-0.4, -0.2) is 23.6 Å². The first kappa shape index (κ1) is 14.9. The first-order valence-corrected chi connectivity index (χ1v) is 7.36. The lowest BCUT2D eigenvalue weighted by molar-refractivity contribution is 0.411. The van der Waals surface area contributed by atoms with Crippen molar-refractivity contribution < 1.29 is 4.74 Å². The summed E-state index contributed by atoms with van der Waals surface area (Å²) in [5.41, 5.74) is 2.17. The van der Waals surface area contributed by atoms with Crippen LogP contribution in [0.15, 0.2) is 41.4 Å². The molecule has 0 aliphatic carbocycles. The normalized spacial score (nSPS) is 12.2. The molecule has 1 atom stereocenters. The van der Waals surface area contributed by atoms with Crippen LogP contribution in [-0.2, 0) is 0 Å². The molecule has 0 aromatic carbocycles. The van der Waals surface area contributed by atoms with Gasteiger partial charge in [0.15, 0.2) is 0 Å². The molecule has 0 amide bonds. The van der Waals surface area contributed by atoms with Crippen LogP contribution in [0, 0.1) is 0 Å². The molecule has 0 bridgehead atoms. The lowest BCUT2D eigenvalue weighted by Gasteiger charge is -2.19. The summed E-state index contributed by atoms with van der Waals surface area (Å²) in [5.74, 6) is 0.758. The molecule has 0 saturated carbocycles. The predicted octanol–water partition coefficient (Wildman–Crippen LogP) is 3.34. The highest BCUT2D eigenvalue weighted by atomic mass is 79.9. The summed E-state index contributed by atoms with van der Waals surface area (Å²) in [6.07, 6.45) is 8.29. The maximum absolute atomic E-state index is 5.25. The Bertz CT molecular complexity index is 562. The van der Waals surface area contributed by atoms with Crippen LogP contribution in [0.1, 0.15) is 30.5 Å². The van der Waals surface area contributed by atoms with E-state index in [0.717, 1.165) is 34.3 Å². The number of ether oxygens (including phenoxy) is 1. The van der Waals surface area contributed by atoms with Crippen molar-refractivity contribution in [2.24, 2.45) is 0 Å². The zero-order chi connectivity index (χ0) is 14.4. The highest BCUT2D eigenvalue weighted by Gasteiger charge is 2.15. The lowest BCUT2D eigenvalue weighted by Crippen LogP contribution is -2.23. The van der Waals surface area contributed by atoms with Gasteiger partial charge in [0.05, 0.1) is 19.3 Å². The number of rotatable bonds is 6. The SMILES string of the molecule is CCCNC(c1cncc(Br)c1)c1cncc(OC)c1. The molecule has 2 heterocycles. The van der Waals surface area contributed by atoms with Gasteiger partial charge in [-0.1, -0.05) is 6.92 Å². The Morgan fingerprint density at radius 2 is 1.85 bits per heavy atom. The van der Waals surface area contributed by atoms with Gasteiger partial charge in [-0.2, -0.15) is 0 Å². The van der Waals surface area contributed by atoms with E-state index in [1.807, 2.05) is 18.5 Å². The summed E-state index contributed by atoms with van der Waals surface area (Å²) < 4.78 is 6.22. The van der Waals surface area contributed by atoms with Gasteiger partial charge in [0.1, 0.15) is 5.75 Å². The van der Waals surface area contributed by atoms with Gasteiger partial charge >= 0.3 is 0 Å². The number of aromatic nitrogens is 2. The Labute approximate surface area is 127 Å². The Morgan fingerprint density at radius 1 is 1.15 bits per heavy atom. The molecular weight excluding hydrogens is 318 g/mol. The van der Waals surface area contributed by atoms with E-state index in [1.54, 1.807) is 19.5 Å². The monoisotopic (exact) mass is 335 g/mol. The van der Waals surface area contributed by atoms with Crippen molar-refractivity contribution in [3.63, 3.8) is 0 Å². The summed E-state index contributed by atoms with van der Waals surface area (Å²) >= 11 is 3.47. The third kappa shape index (κ3) is 3.77. The lowest BCUT2D eigenvalue weighted by atomic mass is 10.0. The molecule has 106 valence electrons. The molecule has 20 heavy (non-hydrogen) atoms. The Morgan fingerprint density at radius 3 is 2.50 bits per heavy atom. The topological polar surface area (TPSA) is 47.0 Å². The van der Waals surface area contributed by atoms with Crippen LogP contribution in [0.4, 0.5) is 0 Å². The van der Waals surface area contributed by atoms with Crippen LogP contribution in [0.25, 0.3) is 0 Å². The third-order valence-electron chi connectivity index (χ3n) is 2.96. The van der Waals surface area contributed by atoms with Gasteiger partial charge in [-0.15, -0.1) is 0 Å². The molecule has 2 rings (SSSR count). The van der Waals surface area contributed by atoms with Gasteiger partial charge in [0.2, 0.25) is 0 Å². The van der Waals surface area contributed by atoms with Gasteiger partial charge in [0, 0.05) is 23.1 Å². The minimum atomic E-state index is 0.0579. The molecular formula is C15H18BrN3O. The minimum Gasteiger partial charge on any atom is -0.495 e. The van der Waals surface area contributed by atoms with Crippen molar-refractivity contribution in [2.45, 2.75) is 19.4 Å². The van der Waals surface area contributed by atoms with Crippen molar-refractivity contribution in [3.05, 3.63) is 52.5 Å². The standard InChI is InChI=1S/C15H18BrN3O/c1-3-4-19-15(11-5-13(16)9-17-7-11)12-6-14(20-2)10-18-8-12/h5-10,15,19H,3-4H2,1-2H3. The molecule has 0 radical (unpaired) electrons. The molecule has 0 spiro atoms. The predicted molar refractivity (Wildman–Crippen MR) is 82.9 cm³/mol. The van der Waals surface area contributed by atoms with Gasteiger partial charge in [-0.25, -0.2) is 0 Å². The Hall–Kier alpha value is -1.46. The van der Waals surface area contributed by atoms with E-state index < -0.39 is 0 Å². The molecule has 2 aromatic heterocycles. The number of hydrogen-bond donors (Lipinski definition) is 1. The summed E-state index contributed by atoms with van der Waals surface area (Å²) in [6, 6.07) is 4.13. The second-order valence-electron chi connectivity index (χ2n) is 4.48. The zero-order valence-electron chi connectivity index (χ0n) is 11.6. The second kappa shape index (κ2) is 7.36. The molecule has 0 fully saturated rings. The van der Waals surface area contributed by atoms with E-state index >= 15 is 0 Å².